The molecule has 28 heavy (non-hydrogen) atoms. The summed E-state index contributed by atoms with van der Waals surface area (Å²) in [4.78, 5) is 22.1. The number of hydrogen-bond donors (Lipinski definition) is 0. The van der Waals surface area contributed by atoms with Crippen LogP contribution in [-0.4, -0.2) is 51.9 Å². The fraction of sp³-hybridized carbons (Fsp3) is 0.545. The highest BCUT2D eigenvalue weighted by molar-refractivity contribution is 5.85. The van der Waals surface area contributed by atoms with Crippen LogP contribution in [0, 0.1) is 11.2 Å². The highest BCUT2D eigenvalue weighted by Gasteiger charge is 2.51. The van der Waals surface area contributed by atoms with Crippen LogP contribution in [0.1, 0.15) is 38.4 Å². The average molecular weight is 382 g/mol. The van der Waals surface area contributed by atoms with Crippen LogP contribution >= 0.6 is 0 Å². The largest absolute Gasteiger partial charge is 0.342 e. The zero-order chi connectivity index (χ0) is 19.5. The number of fused-ring (bicyclic) bond motifs is 2. The van der Waals surface area contributed by atoms with Crippen LogP contribution < -0.4 is 0 Å². The lowest BCUT2D eigenvalue weighted by Gasteiger charge is -2.50. The number of halogens is 1. The first-order valence-electron chi connectivity index (χ1n) is 10.3. The molecule has 1 aliphatic carbocycles. The van der Waals surface area contributed by atoms with Crippen LogP contribution in [0.3, 0.4) is 0 Å². The number of likely N-dealkylation sites (tertiary alicyclic amines) is 1. The zero-order valence-corrected chi connectivity index (χ0v) is 16.6. The number of carbonyl (C=O) groups is 1. The predicted molar refractivity (Wildman–Crippen MR) is 105 cm³/mol. The van der Waals surface area contributed by atoms with E-state index in [2.05, 4.69) is 28.3 Å². The Balaban J connectivity index is 1.44. The van der Waals surface area contributed by atoms with E-state index >= 15 is 0 Å². The fourth-order valence-corrected chi connectivity index (χ4v) is 4.93. The first-order chi connectivity index (χ1) is 13.4. The number of hydrogen-bond acceptors (Lipinski definition) is 3. The summed E-state index contributed by atoms with van der Waals surface area (Å²) in [6, 6.07) is 6.65. The van der Waals surface area contributed by atoms with Crippen LogP contribution in [0.5, 0.6) is 0 Å². The summed E-state index contributed by atoms with van der Waals surface area (Å²) in [7, 11) is 2.18. The van der Waals surface area contributed by atoms with E-state index in [0.717, 1.165) is 68.9 Å². The Labute approximate surface area is 165 Å². The number of imidazole rings is 1. The molecule has 1 aromatic carbocycles. The number of nitrogens with zero attached hydrogens (tertiary/aromatic N) is 4. The molecule has 2 fully saturated rings. The van der Waals surface area contributed by atoms with Crippen molar-refractivity contribution >= 4 is 5.91 Å². The summed E-state index contributed by atoms with van der Waals surface area (Å²) < 4.78 is 15.6. The molecule has 0 atom stereocenters. The number of carbonyl (C=O) groups excluding carboxylic acids is 1. The van der Waals surface area contributed by atoms with E-state index in [4.69, 9.17) is 4.98 Å². The molecule has 1 spiro atoms. The maximum atomic E-state index is 13.3. The topological polar surface area (TPSA) is 41.4 Å². The maximum absolute atomic E-state index is 13.3. The number of rotatable bonds is 2. The van der Waals surface area contributed by atoms with Crippen molar-refractivity contribution < 1.29 is 9.18 Å². The van der Waals surface area contributed by atoms with Crippen LogP contribution in [0.4, 0.5) is 4.39 Å². The molecular weight excluding hydrogens is 355 g/mol. The Morgan fingerprint density at radius 1 is 1.04 bits per heavy atom. The third-order valence-corrected chi connectivity index (χ3v) is 7.20. The van der Waals surface area contributed by atoms with Crippen molar-refractivity contribution in [2.24, 2.45) is 5.41 Å². The number of aromatic nitrogens is 2. The van der Waals surface area contributed by atoms with Crippen molar-refractivity contribution in [3.63, 3.8) is 0 Å². The summed E-state index contributed by atoms with van der Waals surface area (Å²) in [5, 5.41) is 0. The molecule has 148 valence electrons. The minimum atomic E-state index is -0.222. The van der Waals surface area contributed by atoms with Crippen molar-refractivity contribution in [1.82, 2.24) is 19.4 Å². The third-order valence-electron chi connectivity index (χ3n) is 7.20. The van der Waals surface area contributed by atoms with Gasteiger partial charge in [0.25, 0.3) is 0 Å². The van der Waals surface area contributed by atoms with E-state index < -0.39 is 0 Å². The van der Waals surface area contributed by atoms with E-state index in [1.165, 1.54) is 12.1 Å². The van der Waals surface area contributed by atoms with Gasteiger partial charge in [0.05, 0.1) is 17.4 Å². The van der Waals surface area contributed by atoms with Crippen LogP contribution in [0.15, 0.2) is 30.5 Å². The van der Waals surface area contributed by atoms with E-state index in [9.17, 15) is 9.18 Å². The van der Waals surface area contributed by atoms with Crippen molar-refractivity contribution in [2.45, 2.75) is 44.7 Å². The highest BCUT2D eigenvalue weighted by Crippen LogP contribution is 2.48. The monoisotopic (exact) mass is 382 g/mol. The molecule has 1 amide bonds. The number of amides is 1. The second kappa shape index (κ2) is 6.14. The number of likely N-dealkylation sites (N-methyl/N-ethyl adjacent to an activating group) is 1. The molecule has 3 aliphatic rings. The molecule has 1 saturated heterocycles. The summed E-state index contributed by atoms with van der Waals surface area (Å²) >= 11 is 0. The lowest BCUT2D eigenvalue weighted by Crippen LogP contribution is -2.57. The predicted octanol–water partition coefficient (Wildman–Crippen LogP) is 3.25. The van der Waals surface area contributed by atoms with Crippen molar-refractivity contribution in [3.8, 4) is 11.3 Å². The Kier molecular flexibility index (Phi) is 3.92. The third kappa shape index (κ3) is 2.61. The Morgan fingerprint density at radius 2 is 1.71 bits per heavy atom. The standard InChI is InChI=1S/C22H27FN4O/c1-21(7-8-21)20(28)26-11-9-22(10-12-26)19-24-15-18(27(19)14-13-25(22)2)16-3-5-17(23)6-4-16/h3-6,15H,7-14H2,1-2H3. The Morgan fingerprint density at radius 3 is 2.36 bits per heavy atom. The van der Waals surface area contributed by atoms with Gasteiger partial charge in [-0.25, -0.2) is 9.37 Å². The molecule has 5 nitrogen and oxygen atoms in total. The SMILES string of the molecule is CN1CCn2c(-c3ccc(F)cc3)cnc2C12CCN(C(=O)C1(C)CC1)CC2. The minimum absolute atomic E-state index is 0.100. The highest BCUT2D eigenvalue weighted by atomic mass is 19.1. The van der Waals surface area contributed by atoms with Crippen LogP contribution in [-0.2, 0) is 16.9 Å². The molecule has 0 unspecified atom stereocenters. The molecule has 0 N–H and O–H groups in total. The van der Waals surface area contributed by atoms with Gasteiger partial charge in [0.15, 0.2) is 0 Å². The second-order valence-corrected chi connectivity index (χ2v) is 8.93. The molecule has 0 bridgehead atoms. The van der Waals surface area contributed by atoms with Crippen LogP contribution in [0.2, 0.25) is 0 Å². The van der Waals surface area contributed by atoms with Crippen molar-refractivity contribution in [2.75, 3.05) is 26.7 Å². The van der Waals surface area contributed by atoms with Crippen molar-refractivity contribution in [1.29, 1.82) is 0 Å². The Bertz CT molecular complexity index is 907. The molecule has 0 radical (unpaired) electrons. The fourth-order valence-electron chi connectivity index (χ4n) is 4.93. The van der Waals surface area contributed by atoms with Gasteiger partial charge in [-0.2, -0.15) is 0 Å². The maximum Gasteiger partial charge on any atom is 0.228 e. The molecule has 1 aromatic heterocycles. The van der Waals surface area contributed by atoms with E-state index in [0.29, 0.717) is 5.91 Å². The molecule has 2 aromatic rings. The van der Waals surface area contributed by atoms with Gasteiger partial charge in [0.1, 0.15) is 11.6 Å². The van der Waals surface area contributed by atoms with Gasteiger partial charge in [-0.3, -0.25) is 9.69 Å². The van der Waals surface area contributed by atoms with Gasteiger partial charge in [-0.05, 0) is 62.6 Å². The normalized spacial score (nSPS) is 22.9. The van der Waals surface area contributed by atoms with Gasteiger partial charge in [0, 0.05) is 31.6 Å². The first kappa shape index (κ1) is 17.9. The first-order valence-corrected chi connectivity index (χ1v) is 10.3. The van der Waals surface area contributed by atoms with Crippen molar-refractivity contribution in [3.05, 3.63) is 42.1 Å². The Hall–Kier alpha value is -2.21. The molecular formula is C22H27FN4O. The summed E-state index contributed by atoms with van der Waals surface area (Å²) in [5.74, 6) is 1.20. The summed E-state index contributed by atoms with van der Waals surface area (Å²) in [6.45, 7) is 5.49. The minimum Gasteiger partial charge on any atom is -0.342 e. The molecule has 6 heteroatoms. The lowest BCUT2D eigenvalue weighted by molar-refractivity contribution is -0.139. The number of benzene rings is 1. The molecule has 1 saturated carbocycles. The van der Waals surface area contributed by atoms with E-state index in [1.54, 1.807) is 0 Å². The van der Waals surface area contributed by atoms with Gasteiger partial charge >= 0.3 is 0 Å². The van der Waals surface area contributed by atoms with Gasteiger partial charge in [0.2, 0.25) is 5.91 Å². The zero-order valence-electron chi connectivity index (χ0n) is 16.6. The average Bonchev–Trinajstić information content (AvgIpc) is 3.31. The summed E-state index contributed by atoms with van der Waals surface area (Å²) in [5.41, 5.74) is 1.81. The molecule has 5 rings (SSSR count). The quantitative estimate of drug-likeness (QED) is 0.801. The smallest absolute Gasteiger partial charge is 0.228 e. The second-order valence-electron chi connectivity index (χ2n) is 8.93. The van der Waals surface area contributed by atoms with Gasteiger partial charge < -0.3 is 9.47 Å². The van der Waals surface area contributed by atoms with Gasteiger partial charge in [-0.1, -0.05) is 6.92 Å². The molecule has 2 aliphatic heterocycles. The van der Waals surface area contributed by atoms with E-state index in [-0.39, 0.29) is 16.8 Å². The number of piperidine rings is 1. The molecule has 3 heterocycles. The van der Waals surface area contributed by atoms with E-state index in [1.807, 2.05) is 18.3 Å². The van der Waals surface area contributed by atoms with Gasteiger partial charge in [-0.15, -0.1) is 0 Å². The summed E-state index contributed by atoms with van der Waals surface area (Å²) in [6.07, 6.45) is 5.79. The lowest BCUT2D eigenvalue weighted by atomic mass is 9.83. The van der Waals surface area contributed by atoms with Crippen LogP contribution in [0.25, 0.3) is 11.3 Å².